The van der Waals surface area contributed by atoms with E-state index in [0.717, 1.165) is 40.4 Å². The lowest BCUT2D eigenvalue weighted by Crippen LogP contribution is -2.41. The van der Waals surface area contributed by atoms with Gasteiger partial charge in [-0.05, 0) is 37.3 Å². The Kier molecular flexibility index (Phi) is 5.12. The Balaban J connectivity index is 1.31. The SMILES string of the molecule is Cc1cccc(-c2noc(C3CCCN(C(=O)Nc4cccc5ccccc45)C3)n2)c1. The number of rotatable bonds is 3. The van der Waals surface area contributed by atoms with Crippen molar-refractivity contribution in [2.24, 2.45) is 0 Å². The lowest BCUT2D eigenvalue weighted by Gasteiger charge is -2.31. The van der Waals surface area contributed by atoms with Crippen molar-refractivity contribution in [3.63, 3.8) is 0 Å². The van der Waals surface area contributed by atoms with E-state index in [1.165, 1.54) is 0 Å². The van der Waals surface area contributed by atoms with Crippen LogP contribution in [0.25, 0.3) is 22.2 Å². The quantitative estimate of drug-likeness (QED) is 0.475. The van der Waals surface area contributed by atoms with Gasteiger partial charge in [-0.15, -0.1) is 0 Å². The molecule has 1 aromatic heterocycles. The maximum Gasteiger partial charge on any atom is 0.321 e. The molecule has 2 heterocycles. The third-order valence-corrected chi connectivity index (χ3v) is 5.81. The minimum atomic E-state index is -0.0977. The number of aromatic nitrogens is 2. The van der Waals surface area contributed by atoms with E-state index in [2.05, 4.69) is 15.5 Å². The Bertz CT molecular complexity index is 1230. The molecule has 6 nitrogen and oxygen atoms in total. The summed E-state index contributed by atoms with van der Waals surface area (Å²) in [6.07, 6.45) is 1.82. The smallest absolute Gasteiger partial charge is 0.321 e. The summed E-state index contributed by atoms with van der Waals surface area (Å²) in [5.41, 5.74) is 2.92. The second kappa shape index (κ2) is 8.22. The number of anilines is 1. The van der Waals surface area contributed by atoms with Gasteiger partial charge in [-0.3, -0.25) is 0 Å². The molecule has 2 amide bonds. The zero-order chi connectivity index (χ0) is 21.2. The van der Waals surface area contributed by atoms with E-state index in [1.54, 1.807) is 0 Å². The van der Waals surface area contributed by atoms with Crippen LogP contribution in [0, 0.1) is 6.92 Å². The number of urea groups is 1. The van der Waals surface area contributed by atoms with Crippen LogP contribution >= 0.6 is 0 Å². The second-order valence-electron chi connectivity index (χ2n) is 8.07. The van der Waals surface area contributed by atoms with E-state index in [1.807, 2.05) is 78.6 Å². The van der Waals surface area contributed by atoms with Gasteiger partial charge in [-0.1, -0.05) is 65.3 Å². The van der Waals surface area contributed by atoms with Gasteiger partial charge in [0.1, 0.15) is 0 Å². The number of hydrogen-bond donors (Lipinski definition) is 1. The molecule has 5 rings (SSSR count). The molecule has 3 aromatic carbocycles. The molecule has 1 aliphatic rings. The fourth-order valence-electron chi connectivity index (χ4n) is 4.19. The summed E-state index contributed by atoms with van der Waals surface area (Å²) in [4.78, 5) is 19.5. The van der Waals surface area contributed by atoms with Crippen LogP contribution in [0.4, 0.5) is 10.5 Å². The fourth-order valence-corrected chi connectivity index (χ4v) is 4.19. The van der Waals surface area contributed by atoms with Crippen LogP contribution in [-0.2, 0) is 0 Å². The number of carbonyl (C=O) groups is 1. The number of benzene rings is 3. The maximum absolute atomic E-state index is 13.0. The lowest BCUT2D eigenvalue weighted by atomic mass is 9.98. The van der Waals surface area contributed by atoms with E-state index in [0.29, 0.717) is 24.8 Å². The van der Waals surface area contributed by atoms with Crippen molar-refractivity contribution in [2.45, 2.75) is 25.7 Å². The molecule has 1 atom stereocenters. The molecule has 0 aliphatic carbocycles. The van der Waals surface area contributed by atoms with Gasteiger partial charge in [0.15, 0.2) is 0 Å². The van der Waals surface area contributed by atoms with Crippen molar-refractivity contribution in [1.82, 2.24) is 15.0 Å². The second-order valence-corrected chi connectivity index (χ2v) is 8.07. The highest BCUT2D eigenvalue weighted by Crippen LogP contribution is 2.29. The molecule has 1 fully saturated rings. The number of amides is 2. The van der Waals surface area contributed by atoms with Crippen molar-refractivity contribution in [2.75, 3.05) is 18.4 Å². The summed E-state index contributed by atoms with van der Waals surface area (Å²) in [5, 5.41) is 9.39. The van der Waals surface area contributed by atoms with Gasteiger partial charge >= 0.3 is 6.03 Å². The molecule has 0 spiro atoms. The van der Waals surface area contributed by atoms with Crippen molar-refractivity contribution in [3.8, 4) is 11.4 Å². The lowest BCUT2D eigenvalue weighted by molar-refractivity contribution is 0.184. The first kappa shape index (κ1) is 19.3. The predicted molar refractivity (Wildman–Crippen MR) is 121 cm³/mol. The van der Waals surface area contributed by atoms with Crippen molar-refractivity contribution < 1.29 is 9.32 Å². The van der Waals surface area contributed by atoms with Gasteiger partial charge in [0.2, 0.25) is 11.7 Å². The van der Waals surface area contributed by atoms with Gasteiger partial charge < -0.3 is 14.7 Å². The van der Waals surface area contributed by atoms with Gasteiger partial charge in [0, 0.05) is 24.0 Å². The molecule has 1 N–H and O–H groups in total. The molecule has 1 aliphatic heterocycles. The van der Waals surface area contributed by atoms with Crippen LogP contribution in [0.15, 0.2) is 71.3 Å². The summed E-state index contributed by atoms with van der Waals surface area (Å²) in [7, 11) is 0. The number of carbonyl (C=O) groups excluding carboxylic acids is 1. The number of nitrogens with zero attached hydrogens (tertiary/aromatic N) is 3. The molecule has 156 valence electrons. The molecular weight excluding hydrogens is 388 g/mol. The molecule has 0 radical (unpaired) electrons. The Morgan fingerprint density at radius 2 is 1.94 bits per heavy atom. The first-order valence-electron chi connectivity index (χ1n) is 10.6. The molecule has 1 unspecified atom stereocenters. The Morgan fingerprint density at radius 1 is 1.10 bits per heavy atom. The Morgan fingerprint density at radius 3 is 2.84 bits per heavy atom. The van der Waals surface area contributed by atoms with Crippen molar-refractivity contribution >= 4 is 22.5 Å². The summed E-state index contributed by atoms with van der Waals surface area (Å²) in [6, 6.07) is 21.9. The predicted octanol–water partition coefficient (Wildman–Crippen LogP) is 5.61. The Hall–Kier alpha value is -3.67. The third kappa shape index (κ3) is 4.01. The molecular formula is C25H24N4O2. The molecule has 6 heteroatoms. The number of piperidine rings is 1. The van der Waals surface area contributed by atoms with Crippen LogP contribution in [-0.4, -0.2) is 34.2 Å². The number of fused-ring (bicyclic) bond motifs is 1. The molecule has 1 saturated heterocycles. The van der Waals surface area contributed by atoms with E-state index in [9.17, 15) is 4.79 Å². The molecule has 0 saturated carbocycles. The average molecular weight is 412 g/mol. The number of likely N-dealkylation sites (tertiary alicyclic amines) is 1. The average Bonchev–Trinajstić information content (AvgIpc) is 3.30. The normalized spacial score (nSPS) is 16.4. The topological polar surface area (TPSA) is 71.3 Å². The minimum absolute atomic E-state index is 0.0399. The first-order chi connectivity index (χ1) is 15.2. The highest BCUT2D eigenvalue weighted by molar-refractivity contribution is 6.01. The van der Waals surface area contributed by atoms with E-state index in [4.69, 9.17) is 4.52 Å². The first-order valence-corrected chi connectivity index (χ1v) is 10.6. The van der Waals surface area contributed by atoms with Crippen LogP contribution in [0.3, 0.4) is 0 Å². The highest BCUT2D eigenvalue weighted by atomic mass is 16.5. The van der Waals surface area contributed by atoms with E-state index in [-0.39, 0.29) is 11.9 Å². The summed E-state index contributed by atoms with van der Waals surface area (Å²) >= 11 is 0. The molecule has 31 heavy (non-hydrogen) atoms. The van der Waals surface area contributed by atoms with Crippen LogP contribution < -0.4 is 5.32 Å². The number of aryl methyl sites for hydroxylation is 1. The zero-order valence-electron chi connectivity index (χ0n) is 17.4. The molecule has 4 aromatic rings. The van der Waals surface area contributed by atoms with Gasteiger partial charge in [-0.25, -0.2) is 4.79 Å². The Labute approximate surface area is 180 Å². The minimum Gasteiger partial charge on any atom is -0.339 e. The fraction of sp³-hybridized carbons (Fsp3) is 0.240. The standard InChI is InChI=1S/C25H24N4O2/c1-17-7-4-10-19(15-17)23-27-24(31-28-23)20-11-6-14-29(16-20)25(30)26-22-13-5-9-18-8-2-3-12-21(18)22/h2-5,7-10,12-13,15,20H,6,11,14,16H2,1H3,(H,26,30). The van der Waals surface area contributed by atoms with Gasteiger partial charge in [-0.2, -0.15) is 4.98 Å². The van der Waals surface area contributed by atoms with Crippen molar-refractivity contribution in [1.29, 1.82) is 0 Å². The number of hydrogen-bond acceptors (Lipinski definition) is 4. The van der Waals surface area contributed by atoms with Crippen molar-refractivity contribution in [3.05, 3.63) is 78.2 Å². The van der Waals surface area contributed by atoms with Crippen LogP contribution in [0.2, 0.25) is 0 Å². The van der Waals surface area contributed by atoms with Gasteiger partial charge in [0.25, 0.3) is 0 Å². The third-order valence-electron chi connectivity index (χ3n) is 5.81. The van der Waals surface area contributed by atoms with E-state index >= 15 is 0 Å². The summed E-state index contributed by atoms with van der Waals surface area (Å²) in [5.74, 6) is 1.23. The van der Waals surface area contributed by atoms with Crippen LogP contribution in [0.5, 0.6) is 0 Å². The molecule has 0 bridgehead atoms. The van der Waals surface area contributed by atoms with E-state index < -0.39 is 0 Å². The summed E-state index contributed by atoms with van der Waals surface area (Å²) in [6.45, 7) is 3.32. The highest BCUT2D eigenvalue weighted by Gasteiger charge is 2.29. The monoisotopic (exact) mass is 412 g/mol. The maximum atomic E-state index is 13.0. The number of nitrogens with one attached hydrogen (secondary N) is 1. The zero-order valence-corrected chi connectivity index (χ0v) is 17.4. The van der Waals surface area contributed by atoms with Crippen LogP contribution in [0.1, 0.15) is 30.2 Å². The summed E-state index contributed by atoms with van der Waals surface area (Å²) < 4.78 is 5.58. The van der Waals surface area contributed by atoms with Gasteiger partial charge in [0.05, 0.1) is 11.6 Å². The largest absolute Gasteiger partial charge is 0.339 e.